The molecule has 124 valence electrons. The van der Waals surface area contributed by atoms with Gasteiger partial charge in [-0.05, 0) is 18.6 Å². The summed E-state index contributed by atoms with van der Waals surface area (Å²) in [5.41, 5.74) is 0. The summed E-state index contributed by atoms with van der Waals surface area (Å²) in [6.45, 7) is 1.45. The smallest absolute Gasteiger partial charge is 0.243 e. The topological polar surface area (TPSA) is 66.0 Å². The van der Waals surface area contributed by atoms with Gasteiger partial charge < -0.3 is 20.3 Å². The second-order valence-corrected chi connectivity index (χ2v) is 6.08. The van der Waals surface area contributed by atoms with E-state index in [4.69, 9.17) is 4.74 Å². The van der Waals surface area contributed by atoms with E-state index in [1.807, 2.05) is 11.8 Å². The van der Waals surface area contributed by atoms with Crippen LogP contribution in [0.15, 0.2) is 4.99 Å². The molecule has 1 unspecified atom stereocenters. The summed E-state index contributed by atoms with van der Waals surface area (Å²) >= 11 is 1.96. The number of rotatable bonds is 6. The van der Waals surface area contributed by atoms with Gasteiger partial charge in [0, 0.05) is 39.5 Å². The summed E-state index contributed by atoms with van der Waals surface area (Å²) in [4.78, 5) is 17.5. The van der Waals surface area contributed by atoms with E-state index < -0.39 is 0 Å². The Morgan fingerprint density at radius 2 is 2.24 bits per heavy atom. The van der Waals surface area contributed by atoms with Crippen LogP contribution in [0.25, 0.3) is 0 Å². The lowest BCUT2D eigenvalue weighted by Gasteiger charge is -2.24. The third-order valence-electron chi connectivity index (χ3n) is 2.97. The number of guanidine groups is 1. The lowest BCUT2D eigenvalue weighted by Crippen LogP contribution is -2.46. The van der Waals surface area contributed by atoms with Gasteiger partial charge in [-0.15, -0.1) is 24.0 Å². The number of ether oxygens (including phenoxy) is 1. The molecular weight excluding hydrogens is 403 g/mol. The summed E-state index contributed by atoms with van der Waals surface area (Å²) in [6, 6.07) is 0.428. The number of carbonyl (C=O) groups excluding carboxylic acids is 1. The number of amides is 1. The normalized spacial score (nSPS) is 18.6. The Kier molecular flexibility index (Phi) is 12.2. The minimum absolute atomic E-state index is 0. The van der Waals surface area contributed by atoms with Crippen molar-refractivity contribution in [2.75, 3.05) is 52.4 Å². The fourth-order valence-electron chi connectivity index (χ4n) is 1.76. The molecule has 0 aromatic carbocycles. The molecule has 0 spiro atoms. The molecule has 8 heteroatoms. The molecule has 0 radical (unpaired) electrons. The van der Waals surface area contributed by atoms with Crippen molar-refractivity contribution in [3.63, 3.8) is 0 Å². The first-order valence-electron chi connectivity index (χ1n) is 6.95. The quantitative estimate of drug-likeness (QED) is 0.282. The predicted molar refractivity (Wildman–Crippen MR) is 99.8 cm³/mol. The molecule has 2 N–H and O–H groups in total. The van der Waals surface area contributed by atoms with Crippen LogP contribution in [0.4, 0.5) is 0 Å². The minimum atomic E-state index is -0.00383. The van der Waals surface area contributed by atoms with Crippen LogP contribution in [0.1, 0.15) is 12.8 Å². The Labute approximate surface area is 148 Å². The number of carbonyl (C=O) groups is 1. The number of halogens is 1. The molecule has 1 aliphatic rings. The highest BCUT2D eigenvalue weighted by Crippen LogP contribution is 2.16. The van der Waals surface area contributed by atoms with Crippen molar-refractivity contribution in [2.45, 2.75) is 18.9 Å². The molecule has 1 rings (SSSR count). The van der Waals surface area contributed by atoms with Gasteiger partial charge in [-0.25, -0.2) is 4.99 Å². The first-order chi connectivity index (χ1) is 9.63. The highest BCUT2D eigenvalue weighted by molar-refractivity contribution is 14.0. The molecule has 0 aromatic heterocycles. The van der Waals surface area contributed by atoms with Crippen LogP contribution in [-0.2, 0) is 9.53 Å². The molecular formula is C13H27IN4O2S. The lowest BCUT2D eigenvalue weighted by molar-refractivity contribution is -0.127. The van der Waals surface area contributed by atoms with Crippen LogP contribution in [0.5, 0.6) is 0 Å². The Balaban J connectivity index is 0.00000400. The van der Waals surface area contributed by atoms with Gasteiger partial charge in [-0.1, -0.05) is 0 Å². The summed E-state index contributed by atoms with van der Waals surface area (Å²) in [6.07, 6.45) is 2.38. The second kappa shape index (κ2) is 12.3. The molecule has 1 saturated heterocycles. The lowest BCUT2D eigenvalue weighted by atomic mass is 10.2. The van der Waals surface area contributed by atoms with Crippen molar-refractivity contribution in [1.29, 1.82) is 0 Å². The molecule has 1 aliphatic heterocycles. The summed E-state index contributed by atoms with van der Waals surface area (Å²) < 4.78 is 5.02. The monoisotopic (exact) mass is 430 g/mol. The van der Waals surface area contributed by atoms with Gasteiger partial charge in [0.2, 0.25) is 5.91 Å². The highest BCUT2D eigenvalue weighted by atomic mass is 127. The SMILES string of the molecule is COCCNC(=NCC(=O)N(C)C)NC1CCCSC1.I. The fraction of sp³-hybridized carbons (Fsp3) is 0.846. The van der Waals surface area contributed by atoms with Gasteiger partial charge in [-0.3, -0.25) is 4.79 Å². The van der Waals surface area contributed by atoms with Gasteiger partial charge in [-0.2, -0.15) is 11.8 Å². The zero-order valence-electron chi connectivity index (χ0n) is 13.1. The van der Waals surface area contributed by atoms with Crippen LogP contribution >= 0.6 is 35.7 Å². The van der Waals surface area contributed by atoms with Crippen LogP contribution in [0, 0.1) is 0 Å². The summed E-state index contributed by atoms with van der Waals surface area (Å²) in [7, 11) is 5.14. The first-order valence-corrected chi connectivity index (χ1v) is 8.10. The van der Waals surface area contributed by atoms with E-state index in [-0.39, 0.29) is 36.4 Å². The number of nitrogens with one attached hydrogen (secondary N) is 2. The van der Waals surface area contributed by atoms with E-state index in [1.54, 1.807) is 26.1 Å². The number of hydrogen-bond acceptors (Lipinski definition) is 4. The van der Waals surface area contributed by atoms with Gasteiger partial charge in [0.1, 0.15) is 6.54 Å². The van der Waals surface area contributed by atoms with Crippen LogP contribution in [0.2, 0.25) is 0 Å². The fourth-order valence-corrected chi connectivity index (χ4v) is 2.83. The maximum absolute atomic E-state index is 11.6. The van der Waals surface area contributed by atoms with Crippen molar-refractivity contribution in [3.8, 4) is 0 Å². The first kappa shape index (κ1) is 20.8. The molecule has 6 nitrogen and oxygen atoms in total. The zero-order valence-corrected chi connectivity index (χ0v) is 16.2. The standard InChI is InChI=1S/C13H26N4O2S.HI/c1-17(2)12(18)9-15-13(14-6-7-19-3)16-11-5-4-8-20-10-11;/h11H,4-10H2,1-3H3,(H2,14,15,16);1H. The maximum Gasteiger partial charge on any atom is 0.243 e. The number of likely N-dealkylation sites (N-methyl/N-ethyl adjacent to an activating group) is 1. The number of aliphatic imine (C=N–C) groups is 1. The van der Waals surface area contributed by atoms with Crippen LogP contribution in [0.3, 0.4) is 0 Å². The Bertz CT molecular complexity index is 323. The van der Waals surface area contributed by atoms with E-state index in [9.17, 15) is 4.79 Å². The van der Waals surface area contributed by atoms with Crippen molar-refractivity contribution < 1.29 is 9.53 Å². The number of nitrogens with zero attached hydrogens (tertiary/aromatic N) is 2. The summed E-state index contributed by atoms with van der Waals surface area (Å²) in [5.74, 6) is 3.02. The maximum atomic E-state index is 11.6. The number of hydrogen-bond donors (Lipinski definition) is 2. The molecule has 1 fully saturated rings. The molecule has 1 heterocycles. The van der Waals surface area contributed by atoms with Crippen molar-refractivity contribution >= 4 is 47.6 Å². The van der Waals surface area contributed by atoms with Gasteiger partial charge in [0.25, 0.3) is 0 Å². The summed E-state index contributed by atoms with van der Waals surface area (Å²) in [5, 5.41) is 6.60. The van der Waals surface area contributed by atoms with Crippen molar-refractivity contribution in [2.24, 2.45) is 4.99 Å². The molecule has 1 amide bonds. The van der Waals surface area contributed by atoms with Crippen LogP contribution < -0.4 is 10.6 Å². The van der Waals surface area contributed by atoms with E-state index >= 15 is 0 Å². The minimum Gasteiger partial charge on any atom is -0.383 e. The largest absolute Gasteiger partial charge is 0.383 e. The molecule has 0 bridgehead atoms. The molecule has 21 heavy (non-hydrogen) atoms. The number of methoxy groups -OCH3 is 1. The molecule has 1 atom stereocenters. The number of thioether (sulfide) groups is 1. The highest BCUT2D eigenvalue weighted by Gasteiger charge is 2.15. The van der Waals surface area contributed by atoms with Crippen LogP contribution in [-0.4, -0.2) is 75.2 Å². The molecule has 0 aliphatic carbocycles. The average molecular weight is 430 g/mol. The van der Waals surface area contributed by atoms with Gasteiger partial charge >= 0.3 is 0 Å². The van der Waals surface area contributed by atoms with Gasteiger partial charge in [0.05, 0.1) is 6.61 Å². The zero-order chi connectivity index (χ0) is 14.8. The van der Waals surface area contributed by atoms with E-state index in [0.29, 0.717) is 25.2 Å². The van der Waals surface area contributed by atoms with Crippen molar-refractivity contribution in [1.82, 2.24) is 15.5 Å². The second-order valence-electron chi connectivity index (χ2n) is 4.93. The Morgan fingerprint density at radius 1 is 1.48 bits per heavy atom. The molecule has 0 saturated carbocycles. The predicted octanol–water partition coefficient (Wildman–Crippen LogP) is 0.770. The Hall–Kier alpha value is -0.220. The molecule has 0 aromatic rings. The third-order valence-corrected chi connectivity index (χ3v) is 4.19. The average Bonchev–Trinajstić information content (AvgIpc) is 2.45. The third kappa shape index (κ3) is 9.41. The van der Waals surface area contributed by atoms with Crippen molar-refractivity contribution in [3.05, 3.63) is 0 Å². The van der Waals surface area contributed by atoms with Gasteiger partial charge in [0.15, 0.2) is 5.96 Å². The van der Waals surface area contributed by atoms with E-state index in [2.05, 4.69) is 15.6 Å². The van der Waals surface area contributed by atoms with E-state index in [0.717, 1.165) is 12.2 Å². The van der Waals surface area contributed by atoms with E-state index in [1.165, 1.54) is 12.2 Å². The Morgan fingerprint density at radius 3 is 2.81 bits per heavy atom.